The number of benzene rings is 3. The number of rotatable bonds is 9. The summed E-state index contributed by atoms with van der Waals surface area (Å²) in [5.74, 6) is 0.0606. The summed E-state index contributed by atoms with van der Waals surface area (Å²) in [7, 11) is 0. The van der Waals surface area contributed by atoms with E-state index in [4.69, 9.17) is 17.1 Å². The number of thioether (sulfide) groups is 1. The van der Waals surface area contributed by atoms with Crippen LogP contribution >= 0.6 is 24.0 Å². The van der Waals surface area contributed by atoms with Gasteiger partial charge in [-0.25, -0.2) is 15.1 Å². The maximum Gasteiger partial charge on any atom is 0.499 e. The van der Waals surface area contributed by atoms with Gasteiger partial charge in [-0.1, -0.05) is 62.0 Å². The number of halogens is 5. The van der Waals surface area contributed by atoms with Gasteiger partial charge in [0, 0.05) is 5.56 Å². The van der Waals surface area contributed by atoms with Crippen LogP contribution in [0.25, 0.3) is 17.1 Å². The van der Waals surface area contributed by atoms with E-state index < -0.39 is 18.0 Å². The van der Waals surface area contributed by atoms with Gasteiger partial charge in [-0.05, 0) is 72.1 Å². The fourth-order valence-electron chi connectivity index (χ4n) is 4.45. The maximum atomic E-state index is 13.1. The quantitative estimate of drug-likeness (QED) is 0.111. The van der Waals surface area contributed by atoms with Crippen LogP contribution in [0.1, 0.15) is 36.5 Å². The number of amidine groups is 1. The molecule has 9 nitrogen and oxygen atoms in total. The summed E-state index contributed by atoms with van der Waals surface area (Å²) in [4.78, 5) is 28.6. The molecule has 3 aromatic carbocycles. The van der Waals surface area contributed by atoms with E-state index in [9.17, 15) is 26.7 Å². The number of hydrogen-bond donors (Lipinski definition) is 1. The number of carbonyl (C=O) groups is 1. The smallest absolute Gasteiger partial charge is 0.426 e. The molecule has 0 unspecified atom stereocenters. The molecule has 16 heteroatoms. The monoisotopic (exact) mass is 690 g/mol. The minimum Gasteiger partial charge on any atom is -0.426 e. The number of nitrogens with zero attached hydrogens (tertiary/aromatic N) is 5. The van der Waals surface area contributed by atoms with Gasteiger partial charge >= 0.3 is 12.3 Å². The highest BCUT2D eigenvalue weighted by Gasteiger charge is 2.61. The minimum absolute atomic E-state index is 0.0611. The molecule has 1 N–H and O–H groups in total. The molecule has 2 heterocycles. The summed E-state index contributed by atoms with van der Waals surface area (Å²) < 4.78 is 68.6. The Morgan fingerprint density at radius 2 is 1.77 bits per heavy atom. The number of carbonyl (C=O) groups excluding carboxylic acids is 1. The van der Waals surface area contributed by atoms with Gasteiger partial charge in [0.2, 0.25) is 11.0 Å². The number of thiocarbonyl (C=S) groups is 1. The zero-order chi connectivity index (χ0) is 33.9. The van der Waals surface area contributed by atoms with Crippen molar-refractivity contribution in [2.75, 3.05) is 10.7 Å². The zero-order valence-electron chi connectivity index (χ0n) is 25.1. The fourth-order valence-corrected chi connectivity index (χ4v) is 5.52. The Morgan fingerprint density at radius 3 is 2.43 bits per heavy atom. The molecule has 47 heavy (non-hydrogen) atoms. The van der Waals surface area contributed by atoms with Crippen LogP contribution in [0.3, 0.4) is 0 Å². The molecule has 0 aliphatic carbocycles. The largest absolute Gasteiger partial charge is 0.499 e. The highest BCUT2D eigenvalue weighted by Crippen LogP contribution is 2.37. The van der Waals surface area contributed by atoms with Crippen molar-refractivity contribution in [1.29, 1.82) is 0 Å². The van der Waals surface area contributed by atoms with Crippen molar-refractivity contribution in [1.82, 2.24) is 20.2 Å². The van der Waals surface area contributed by atoms with Gasteiger partial charge < -0.3 is 4.74 Å². The van der Waals surface area contributed by atoms with E-state index in [1.807, 2.05) is 25.1 Å². The van der Waals surface area contributed by atoms with Crippen molar-refractivity contribution in [3.63, 3.8) is 0 Å². The van der Waals surface area contributed by atoms with Gasteiger partial charge in [0.15, 0.2) is 11.0 Å². The first-order chi connectivity index (χ1) is 22.2. The Hall–Kier alpha value is -4.41. The Balaban J connectivity index is 1.17. The summed E-state index contributed by atoms with van der Waals surface area (Å²) in [6.07, 6.45) is -9.79. The van der Waals surface area contributed by atoms with E-state index in [0.29, 0.717) is 22.2 Å². The van der Waals surface area contributed by atoms with Gasteiger partial charge in [-0.15, -0.1) is 5.10 Å². The van der Waals surface area contributed by atoms with Crippen molar-refractivity contribution in [3.8, 4) is 22.8 Å². The van der Waals surface area contributed by atoms with Crippen molar-refractivity contribution in [2.24, 2.45) is 4.99 Å². The SMILES string of the molecule is Cc1ccc(C(C)C)c(N2C(=O)CSC2=NC(=S)NOCc2ccc(-c3ncn(-c4ccc(OC(F)(F)C(F)(F)F)cc4)n3)cc2)c1. The van der Waals surface area contributed by atoms with E-state index in [0.717, 1.165) is 34.5 Å². The van der Waals surface area contributed by atoms with Crippen LogP contribution in [-0.4, -0.2) is 49.0 Å². The van der Waals surface area contributed by atoms with E-state index in [2.05, 4.69) is 39.1 Å². The van der Waals surface area contributed by atoms with E-state index in [-0.39, 0.29) is 29.3 Å². The van der Waals surface area contributed by atoms with Crippen LogP contribution in [0.5, 0.6) is 5.75 Å². The number of aliphatic imine (C=N–C) groups is 1. The van der Waals surface area contributed by atoms with Crippen molar-refractivity contribution in [3.05, 3.63) is 89.7 Å². The molecule has 4 aromatic rings. The second-order valence-corrected chi connectivity index (χ2v) is 12.0. The third-order valence-corrected chi connectivity index (χ3v) is 7.89. The second-order valence-electron chi connectivity index (χ2n) is 10.6. The third-order valence-electron chi connectivity index (χ3n) is 6.79. The Bertz CT molecular complexity index is 1790. The molecule has 1 amide bonds. The molecule has 0 spiro atoms. The highest BCUT2D eigenvalue weighted by atomic mass is 32.2. The molecule has 0 saturated carbocycles. The lowest BCUT2D eigenvalue weighted by molar-refractivity contribution is -0.360. The summed E-state index contributed by atoms with van der Waals surface area (Å²) >= 11 is 6.65. The summed E-state index contributed by atoms with van der Waals surface area (Å²) in [6.45, 7) is 6.24. The fraction of sp³-hybridized carbons (Fsp3) is 0.258. The number of hydroxylamine groups is 1. The molecule has 1 fully saturated rings. The normalized spacial score (nSPS) is 14.7. The molecular weight excluding hydrogens is 664 g/mol. The molecule has 1 aliphatic heterocycles. The Labute approximate surface area is 275 Å². The topological polar surface area (TPSA) is 93.9 Å². The summed E-state index contributed by atoms with van der Waals surface area (Å²) in [6, 6.07) is 17.6. The van der Waals surface area contributed by atoms with Crippen LogP contribution in [-0.2, 0) is 16.2 Å². The molecule has 5 rings (SSSR count). The van der Waals surface area contributed by atoms with E-state index in [1.165, 1.54) is 34.9 Å². The number of ether oxygens (including phenoxy) is 1. The molecule has 246 valence electrons. The number of aryl methyl sites for hydroxylation is 1. The number of hydrogen-bond acceptors (Lipinski definition) is 7. The van der Waals surface area contributed by atoms with Crippen LogP contribution in [0.4, 0.5) is 27.6 Å². The predicted molar refractivity (Wildman–Crippen MR) is 172 cm³/mol. The van der Waals surface area contributed by atoms with Gasteiger partial charge in [0.1, 0.15) is 12.1 Å². The van der Waals surface area contributed by atoms with Crippen molar-refractivity contribution < 1.29 is 36.3 Å². The molecule has 0 bridgehead atoms. The minimum atomic E-state index is -5.84. The van der Waals surface area contributed by atoms with Crippen molar-refractivity contribution >= 4 is 45.9 Å². The molecule has 0 atom stereocenters. The second kappa shape index (κ2) is 13.8. The van der Waals surface area contributed by atoms with E-state index in [1.54, 1.807) is 29.2 Å². The average Bonchev–Trinajstić information content (AvgIpc) is 3.64. The number of anilines is 1. The number of aromatic nitrogens is 3. The highest BCUT2D eigenvalue weighted by molar-refractivity contribution is 8.15. The summed E-state index contributed by atoms with van der Waals surface area (Å²) in [5, 5.41) is 4.87. The number of amides is 1. The average molecular weight is 691 g/mol. The molecule has 0 radical (unpaired) electrons. The van der Waals surface area contributed by atoms with Gasteiger partial charge in [-0.3, -0.25) is 14.5 Å². The first-order valence-corrected chi connectivity index (χ1v) is 15.4. The van der Waals surface area contributed by atoms with Gasteiger partial charge in [0.05, 0.1) is 23.7 Å². The van der Waals surface area contributed by atoms with Gasteiger partial charge in [-0.2, -0.15) is 26.9 Å². The van der Waals surface area contributed by atoms with Gasteiger partial charge in [0.25, 0.3) is 0 Å². The van der Waals surface area contributed by atoms with Crippen LogP contribution in [0, 0.1) is 6.92 Å². The first kappa shape index (κ1) is 33.9. The number of nitrogens with one attached hydrogen (secondary N) is 1. The Kier molecular flexibility index (Phi) is 9.93. The number of alkyl halides is 5. The molecule has 1 aliphatic rings. The Morgan fingerprint density at radius 1 is 1.06 bits per heavy atom. The first-order valence-electron chi connectivity index (χ1n) is 14.0. The molecule has 1 saturated heterocycles. The molecule has 1 aromatic heterocycles. The lowest BCUT2D eigenvalue weighted by Crippen LogP contribution is -2.41. The lowest BCUT2D eigenvalue weighted by atomic mass is 9.99. The van der Waals surface area contributed by atoms with Crippen LogP contribution < -0.4 is 15.1 Å². The predicted octanol–water partition coefficient (Wildman–Crippen LogP) is 7.34. The summed E-state index contributed by atoms with van der Waals surface area (Å²) in [5.41, 5.74) is 7.30. The molecular formula is C31H27F5N6O3S2. The van der Waals surface area contributed by atoms with Crippen LogP contribution in [0.15, 0.2) is 78.0 Å². The standard InChI is InChI=1S/C31H27F5N6O3S2/c1-18(2)24-13-4-19(3)14-25(24)42-26(43)16-47-29(42)38-28(46)40-44-15-20-5-7-21(8-6-20)27-37-17-41(39-27)22-9-11-23(12-10-22)45-31(35,36)30(32,33)34/h4-14,17-18H,15-16H2,1-3H3,(H,40,46). The maximum absolute atomic E-state index is 13.1. The van der Waals surface area contributed by atoms with Crippen LogP contribution in [0.2, 0.25) is 0 Å². The zero-order valence-corrected chi connectivity index (χ0v) is 26.7. The third kappa shape index (κ3) is 7.94. The van der Waals surface area contributed by atoms with Crippen molar-refractivity contribution in [2.45, 2.75) is 45.6 Å². The van der Waals surface area contributed by atoms with E-state index >= 15 is 0 Å². The lowest BCUT2D eigenvalue weighted by Gasteiger charge is -2.22.